The molecule has 0 amide bonds. The summed E-state index contributed by atoms with van der Waals surface area (Å²) < 4.78 is 0. The predicted molar refractivity (Wildman–Crippen MR) is 126 cm³/mol. The van der Waals surface area contributed by atoms with E-state index in [0.717, 1.165) is 18.3 Å². The summed E-state index contributed by atoms with van der Waals surface area (Å²) >= 11 is 0. The average molecular weight is 373 g/mol. The maximum atomic E-state index is 3.94. The summed E-state index contributed by atoms with van der Waals surface area (Å²) in [7, 11) is 0. The smallest absolute Gasteiger partial charge is 0.0230 e. The molecule has 0 fully saturated rings. The first kappa shape index (κ1) is 26.0. The molecular weight excluding hydrogens is 324 g/mol. The van der Waals surface area contributed by atoms with Gasteiger partial charge in [-0.25, -0.2) is 0 Å². The van der Waals surface area contributed by atoms with Crippen LogP contribution in [0.25, 0.3) is 0 Å². The first-order valence-electron chi connectivity index (χ1n) is 11.4. The molecule has 0 aromatic rings. The molecule has 0 aliphatic carbocycles. The molecule has 0 saturated carbocycles. The van der Waals surface area contributed by atoms with E-state index in [1.165, 1.54) is 56.9 Å². The van der Waals surface area contributed by atoms with E-state index in [-0.39, 0.29) is 0 Å². The Morgan fingerprint density at radius 2 is 1.52 bits per heavy atom. The van der Waals surface area contributed by atoms with Gasteiger partial charge in [0.15, 0.2) is 0 Å². The van der Waals surface area contributed by atoms with Crippen LogP contribution in [0, 0.1) is 17.8 Å². The Hall–Kier alpha value is -1.04. The van der Waals surface area contributed by atoms with Crippen molar-refractivity contribution in [3.8, 4) is 0 Å². The largest absolute Gasteiger partial charge is 0.103 e. The highest BCUT2D eigenvalue weighted by molar-refractivity contribution is 5.08. The first-order chi connectivity index (χ1) is 12.8. The molecular formula is C27H48. The molecule has 0 bridgehead atoms. The minimum Gasteiger partial charge on any atom is -0.103 e. The van der Waals surface area contributed by atoms with Crippen molar-refractivity contribution in [1.82, 2.24) is 0 Å². The molecule has 0 aromatic heterocycles. The van der Waals surface area contributed by atoms with Crippen LogP contribution < -0.4 is 0 Å². The van der Waals surface area contributed by atoms with E-state index in [1.807, 2.05) is 0 Å². The zero-order valence-corrected chi connectivity index (χ0v) is 19.6. The number of unbranched alkanes of at least 4 members (excludes halogenated alkanes) is 1. The zero-order valence-electron chi connectivity index (χ0n) is 19.6. The summed E-state index contributed by atoms with van der Waals surface area (Å²) in [5, 5.41) is 0. The number of rotatable bonds is 15. The number of hydrogen-bond acceptors (Lipinski definition) is 0. The SMILES string of the molecule is C=CC(C)C/C=C(/CCC/C=C(\C)CCC=C(C)C)C(C)CCCC(C)C. The molecule has 2 atom stereocenters. The lowest BCUT2D eigenvalue weighted by molar-refractivity contribution is 0.481. The molecule has 0 rings (SSSR count). The Morgan fingerprint density at radius 1 is 0.815 bits per heavy atom. The van der Waals surface area contributed by atoms with Gasteiger partial charge in [0.25, 0.3) is 0 Å². The van der Waals surface area contributed by atoms with E-state index < -0.39 is 0 Å². The van der Waals surface area contributed by atoms with Crippen LogP contribution in [0.15, 0.2) is 47.6 Å². The molecule has 0 spiro atoms. The minimum atomic E-state index is 0.583. The summed E-state index contributed by atoms with van der Waals surface area (Å²) in [5.74, 6) is 2.13. The Morgan fingerprint density at radius 3 is 2.11 bits per heavy atom. The molecule has 27 heavy (non-hydrogen) atoms. The van der Waals surface area contributed by atoms with Crippen molar-refractivity contribution < 1.29 is 0 Å². The van der Waals surface area contributed by atoms with Gasteiger partial charge in [-0.2, -0.15) is 0 Å². The molecule has 0 aliphatic heterocycles. The van der Waals surface area contributed by atoms with E-state index in [1.54, 1.807) is 11.1 Å². The zero-order chi connectivity index (χ0) is 20.7. The fourth-order valence-electron chi connectivity index (χ4n) is 3.35. The molecule has 0 N–H and O–H groups in total. The van der Waals surface area contributed by atoms with E-state index in [9.17, 15) is 0 Å². The van der Waals surface area contributed by atoms with Crippen LogP contribution >= 0.6 is 0 Å². The third kappa shape index (κ3) is 15.7. The second kappa shape index (κ2) is 16.0. The molecule has 0 heterocycles. The highest BCUT2D eigenvalue weighted by Gasteiger charge is 2.09. The van der Waals surface area contributed by atoms with Crippen LogP contribution in [0.5, 0.6) is 0 Å². The van der Waals surface area contributed by atoms with Gasteiger partial charge in [-0.15, -0.1) is 6.58 Å². The second-order valence-corrected chi connectivity index (χ2v) is 9.22. The van der Waals surface area contributed by atoms with Gasteiger partial charge in [-0.3, -0.25) is 0 Å². The van der Waals surface area contributed by atoms with Crippen LogP contribution in [0.2, 0.25) is 0 Å². The summed E-state index contributed by atoms with van der Waals surface area (Å²) in [6, 6.07) is 0. The van der Waals surface area contributed by atoms with Crippen molar-refractivity contribution in [3.05, 3.63) is 47.6 Å². The van der Waals surface area contributed by atoms with Gasteiger partial charge >= 0.3 is 0 Å². The second-order valence-electron chi connectivity index (χ2n) is 9.22. The molecule has 0 aliphatic rings. The van der Waals surface area contributed by atoms with Crippen molar-refractivity contribution in [2.45, 2.75) is 106 Å². The first-order valence-corrected chi connectivity index (χ1v) is 11.4. The van der Waals surface area contributed by atoms with Crippen molar-refractivity contribution in [1.29, 1.82) is 0 Å². The highest BCUT2D eigenvalue weighted by Crippen LogP contribution is 2.25. The van der Waals surface area contributed by atoms with Crippen LogP contribution in [0.4, 0.5) is 0 Å². The quantitative estimate of drug-likeness (QED) is 0.198. The van der Waals surface area contributed by atoms with Crippen molar-refractivity contribution in [2.24, 2.45) is 17.8 Å². The van der Waals surface area contributed by atoms with Crippen molar-refractivity contribution >= 4 is 0 Å². The highest BCUT2D eigenvalue weighted by atomic mass is 14.2. The Balaban J connectivity index is 4.53. The standard InChI is InChI=1S/C27H48/c1-9-24(6)20-21-27(26(8)18-13-15-23(4)5)19-11-10-16-25(7)17-12-14-22(2)3/h9,14,16,21,23-24,26H,1,10-13,15,17-20H2,2-8H3/b25-16+,27-21-. The van der Waals surface area contributed by atoms with Gasteiger partial charge in [0.1, 0.15) is 0 Å². The van der Waals surface area contributed by atoms with E-state index in [0.29, 0.717) is 5.92 Å². The third-order valence-electron chi connectivity index (χ3n) is 5.46. The van der Waals surface area contributed by atoms with Crippen molar-refractivity contribution in [2.75, 3.05) is 0 Å². The van der Waals surface area contributed by atoms with Crippen molar-refractivity contribution in [3.63, 3.8) is 0 Å². The van der Waals surface area contributed by atoms with Gasteiger partial charge in [-0.1, -0.05) is 81.6 Å². The Kier molecular flexibility index (Phi) is 15.3. The van der Waals surface area contributed by atoms with E-state index in [2.05, 4.69) is 79.3 Å². The molecule has 2 unspecified atom stereocenters. The summed E-state index contributed by atoms with van der Waals surface area (Å²) in [6.45, 7) is 20.0. The van der Waals surface area contributed by atoms with Gasteiger partial charge in [0.05, 0.1) is 0 Å². The normalized spacial score (nSPS) is 15.0. The van der Waals surface area contributed by atoms with Crippen LogP contribution in [0.3, 0.4) is 0 Å². The predicted octanol–water partition coefficient (Wildman–Crippen LogP) is 9.45. The lowest BCUT2D eigenvalue weighted by Gasteiger charge is -2.18. The molecule has 0 heteroatoms. The maximum absolute atomic E-state index is 3.94. The fourth-order valence-corrected chi connectivity index (χ4v) is 3.35. The third-order valence-corrected chi connectivity index (χ3v) is 5.46. The lowest BCUT2D eigenvalue weighted by Crippen LogP contribution is -2.02. The van der Waals surface area contributed by atoms with Gasteiger partial charge < -0.3 is 0 Å². The Labute approximate surface area is 171 Å². The van der Waals surface area contributed by atoms with E-state index in [4.69, 9.17) is 0 Å². The monoisotopic (exact) mass is 372 g/mol. The van der Waals surface area contributed by atoms with Crippen LogP contribution in [-0.2, 0) is 0 Å². The van der Waals surface area contributed by atoms with Gasteiger partial charge in [0.2, 0.25) is 0 Å². The summed E-state index contributed by atoms with van der Waals surface area (Å²) in [6.07, 6.45) is 20.7. The Bertz CT molecular complexity index is 468. The molecule has 0 aromatic carbocycles. The molecule has 0 radical (unpaired) electrons. The average Bonchev–Trinajstić information content (AvgIpc) is 2.59. The number of allylic oxidation sites excluding steroid dienone is 7. The topological polar surface area (TPSA) is 0 Å². The van der Waals surface area contributed by atoms with Crippen LogP contribution in [0.1, 0.15) is 106 Å². The van der Waals surface area contributed by atoms with Crippen LogP contribution in [-0.4, -0.2) is 0 Å². The minimum absolute atomic E-state index is 0.583. The molecule has 156 valence electrons. The molecule has 0 nitrogen and oxygen atoms in total. The fraction of sp³-hybridized carbons (Fsp3) is 0.704. The lowest BCUT2D eigenvalue weighted by atomic mass is 9.88. The summed E-state index contributed by atoms with van der Waals surface area (Å²) in [4.78, 5) is 0. The van der Waals surface area contributed by atoms with E-state index >= 15 is 0 Å². The number of hydrogen-bond donors (Lipinski definition) is 0. The maximum Gasteiger partial charge on any atom is -0.0230 e. The van der Waals surface area contributed by atoms with Gasteiger partial charge in [0, 0.05) is 0 Å². The van der Waals surface area contributed by atoms with Gasteiger partial charge in [-0.05, 0) is 83.5 Å². The summed E-state index contributed by atoms with van der Waals surface area (Å²) in [5.41, 5.74) is 4.66. The molecule has 0 saturated heterocycles.